The van der Waals surface area contributed by atoms with Gasteiger partial charge in [0.15, 0.2) is 0 Å². The van der Waals surface area contributed by atoms with E-state index in [-0.39, 0.29) is 0 Å². The van der Waals surface area contributed by atoms with Crippen molar-refractivity contribution < 1.29 is 0 Å². The quantitative estimate of drug-likeness (QED) is 0.739. The summed E-state index contributed by atoms with van der Waals surface area (Å²) in [6.07, 6.45) is 2.88. The maximum absolute atomic E-state index is 4.76. The van der Waals surface area contributed by atoms with E-state index in [2.05, 4.69) is 72.9 Å². The van der Waals surface area contributed by atoms with Crippen LogP contribution in [0.1, 0.15) is 42.9 Å². The molecule has 0 atom stereocenters. The first-order valence-electron chi connectivity index (χ1n) is 7.48. The van der Waals surface area contributed by atoms with E-state index in [4.69, 9.17) is 9.97 Å². The molecule has 2 aromatic rings. The number of nitrogens with one attached hydrogen (secondary N) is 1. The van der Waals surface area contributed by atoms with Crippen LogP contribution < -0.4 is 5.32 Å². The summed E-state index contributed by atoms with van der Waals surface area (Å²) in [6, 6.07) is 8.59. The molecule has 0 saturated carbocycles. The Morgan fingerprint density at radius 3 is 2.43 bits per heavy atom. The molecule has 0 aliphatic carbocycles. The molecule has 0 aliphatic rings. The van der Waals surface area contributed by atoms with Crippen LogP contribution in [-0.2, 0) is 12.8 Å². The third-order valence-corrected chi connectivity index (χ3v) is 4.41. The van der Waals surface area contributed by atoms with Crippen molar-refractivity contribution in [3.8, 4) is 0 Å². The molecule has 0 fully saturated rings. The van der Waals surface area contributed by atoms with Gasteiger partial charge < -0.3 is 5.32 Å². The largest absolute Gasteiger partial charge is 0.369 e. The molecule has 0 saturated heterocycles. The van der Waals surface area contributed by atoms with Crippen molar-refractivity contribution >= 4 is 28.4 Å². The molecule has 4 heteroatoms. The van der Waals surface area contributed by atoms with Gasteiger partial charge in [-0.05, 0) is 48.4 Å². The highest BCUT2D eigenvalue weighted by atomic mass is 127. The molecule has 0 radical (unpaired) electrons. The number of nitrogens with zero attached hydrogens (tertiary/aromatic N) is 2. The molecular weight excluding hydrogens is 373 g/mol. The standard InChI is InChI=1S/C17H22IN3/c1-4-6-14-16(18)17(19-5-2)21-15(20-14)11-13-9-7-12(3)8-10-13/h7-10H,4-6,11H2,1-3H3,(H,19,20,21). The second kappa shape index (κ2) is 7.73. The summed E-state index contributed by atoms with van der Waals surface area (Å²) >= 11 is 2.35. The summed E-state index contributed by atoms with van der Waals surface area (Å²) in [5.74, 6) is 1.87. The van der Waals surface area contributed by atoms with E-state index < -0.39 is 0 Å². The van der Waals surface area contributed by atoms with Crippen LogP contribution in [0.25, 0.3) is 0 Å². The average molecular weight is 395 g/mol. The van der Waals surface area contributed by atoms with Gasteiger partial charge in [-0.2, -0.15) is 0 Å². The summed E-state index contributed by atoms with van der Waals surface area (Å²) < 4.78 is 1.16. The van der Waals surface area contributed by atoms with E-state index in [1.54, 1.807) is 0 Å². The lowest BCUT2D eigenvalue weighted by atomic mass is 10.1. The molecule has 2 rings (SSSR count). The van der Waals surface area contributed by atoms with Crippen LogP contribution in [0.2, 0.25) is 0 Å². The topological polar surface area (TPSA) is 37.8 Å². The number of benzene rings is 1. The SMILES string of the molecule is CCCc1nc(Cc2ccc(C)cc2)nc(NCC)c1I. The Kier molecular flexibility index (Phi) is 5.96. The summed E-state index contributed by atoms with van der Waals surface area (Å²) in [7, 11) is 0. The van der Waals surface area contributed by atoms with Crippen molar-refractivity contribution in [2.24, 2.45) is 0 Å². The van der Waals surface area contributed by atoms with Gasteiger partial charge in [0.1, 0.15) is 11.6 Å². The molecule has 0 amide bonds. The summed E-state index contributed by atoms with van der Waals surface area (Å²) in [5, 5.41) is 3.35. The highest BCUT2D eigenvalue weighted by molar-refractivity contribution is 14.1. The van der Waals surface area contributed by atoms with Crippen molar-refractivity contribution in [2.45, 2.75) is 40.0 Å². The molecule has 3 nitrogen and oxygen atoms in total. The minimum Gasteiger partial charge on any atom is -0.369 e. The number of aromatic nitrogens is 2. The first-order valence-corrected chi connectivity index (χ1v) is 8.56. The number of hydrogen-bond acceptors (Lipinski definition) is 3. The van der Waals surface area contributed by atoms with Crippen LogP contribution in [0, 0.1) is 10.5 Å². The maximum atomic E-state index is 4.76. The number of halogens is 1. The molecule has 1 N–H and O–H groups in total. The second-order valence-electron chi connectivity index (χ2n) is 5.19. The zero-order valence-corrected chi connectivity index (χ0v) is 15.1. The van der Waals surface area contributed by atoms with E-state index in [0.717, 1.165) is 46.7 Å². The summed E-state index contributed by atoms with van der Waals surface area (Å²) in [4.78, 5) is 9.46. The first kappa shape index (κ1) is 16.2. The Hall–Kier alpha value is -1.17. The van der Waals surface area contributed by atoms with Crippen molar-refractivity contribution in [1.29, 1.82) is 0 Å². The third-order valence-electron chi connectivity index (χ3n) is 3.28. The van der Waals surface area contributed by atoms with Gasteiger partial charge in [-0.15, -0.1) is 0 Å². The van der Waals surface area contributed by atoms with E-state index in [0.29, 0.717) is 0 Å². The van der Waals surface area contributed by atoms with Gasteiger partial charge in [0, 0.05) is 13.0 Å². The maximum Gasteiger partial charge on any atom is 0.143 e. The van der Waals surface area contributed by atoms with Crippen LogP contribution in [0.3, 0.4) is 0 Å². The van der Waals surface area contributed by atoms with E-state index in [1.165, 1.54) is 11.1 Å². The van der Waals surface area contributed by atoms with Gasteiger partial charge in [0.25, 0.3) is 0 Å². The Morgan fingerprint density at radius 2 is 1.81 bits per heavy atom. The van der Waals surface area contributed by atoms with Crippen LogP contribution in [0.4, 0.5) is 5.82 Å². The van der Waals surface area contributed by atoms with Gasteiger partial charge in [0.2, 0.25) is 0 Å². The molecule has 21 heavy (non-hydrogen) atoms. The Labute approximate surface area is 140 Å². The van der Waals surface area contributed by atoms with Crippen molar-refractivity contribution in [3.05, 3.63) is 50.5 Å². The smallest absolute Gasteiger partial charge is 0.143 e. The highest BCUT2D eigenvalue weighted by Gasteiger charge is 2.11. The van der Waals surface area contributed by atoms with Gasteiger partial charge in [0.05, 0.1) is 9.26 Å². The van der Waals surface area contributed by atoms with E-state index >= 15 is 0 Å². The van der Waals surface area contributed by atoms with E-state index in [9.17, 15) is 0 Å². The predicted molar refractivity (Wildman–Crippen MR) is 96.9 cm³/mol. The second-order valence-corrected chi connectivity index (χ2v) is 6.27. The van der Waals surface area contributed by atoms with Gasteiger partial charge in [-0.1, -0.05) is 43.2 Å². The van der Waals surface area contributed by atoms with Crippen molar-refractivity contribution in [2.75, 3.05) is 11.9 Å². The normalized spacial score (nSPS) is 10.7. The molecule has 112 valence electrons. The zero-order chi connectivity index (χ0) is 15.2. The minimum atomic E-state index is 0.784. The number of anilines is 1. The van der Waals surface area contributed by atoms with Crippen molar-refractivity contribution in [1.82, 2.24) is 9.97 Å². The number of aryl methyl sites for hydroxylation is 2. The zero-order valence-electron chi connectivity index (χ0n) is 12.9. The summed E-state index contributed by atoms with van der Waals surface area (Å²) in [5.41, 5.74) is 3.69. The fourth-order valence-electron chi connectivity index (χ4n) is 2.20. The lowest BCUT2D eigenvalue weighted by molar-refractivity contribution is 0.833. The minimum absolute atomic E-state index is 0.784. The Morgan fingerprint density at radius 1 is 1.10 bits per heavy atom. The summed E-state index contributed by atoms with van der Waals surface area (Å²) in [6.45, 7) is 7.26. The monoisotopic (exact) mass is 395 g/mol. The Bertz CT molecular complexity index is 566. The van der Waals surface area contributed by atoms with Crippen LogP contribution in [0.5, 0.6) is 0 Å². The van der Waals surface area contributed by atoms with Crippen LogP contribution in [0.15, 0.2) is 24.3 Å². The van der Waals surface area contributed by atoms with Gasteiger partial charge in [-0.3, -0.25) is 0 Å². The van der Waals surface area contributed by atoms with Crippen LogP contribution in [-0.4, -0.2) is 16.5 Å². The molecule has 1 aromatic heterocycles. The molecule has 0 bridgehead atoms. The lowest BCUT2D eigenvalue weighted by Gasteiger charge is -2.12. The molecule has 0 unspecified atom stereocenters. The molecular formula is C17H22IN3. The fraction of sp³-hybridized carbons (Fsp3) is 0.412. The fourth-order valence-corrected chi connectivity index (χ4v) is 2.90. The Balaban J connectivity index is 2.31. The lowest BCUT2D eigenvalue weighted by Crippen LogP contribution is -2.10. The van der Waals surface area contributed by atoms with Crippen LogP contribution >= 0.6 is 22.6 Å². The van der Waals surface area contributed by atoms with Gasteiger partial charge >= 0.3 is 0 Å². The average Bonchev–Trinajstić information content (AvgIpc) is 2.47. The first-order chi connectivity index (χ1) is 10.1. The molecule has 0 spiro atoms. The molecule has 1 heterocycles. The van der Waals surface area contributed by atoms with Crippen molar-refractivity contribution in [3.63, 3.8) is 0 Å². The number of hydrogen-bond donors (Lipinski definition) is 1. The third kappa shape index (κ3) is 4.40. The molecule has 1 aromatic carbocycles. The van der Waals surface area contributed by atoms with E-state index in [1.807, 2.05) is 0 Å². The van der Waals surface area contributed by atoms with Gasteiger partial charge in [-0.25, -0.2) is 9.97 Å². The molecule has 0 aliphatic heterocycles. The number of rotatable bonds is 6. The highest BCUT2D eigenvalue weighted by Crippen LogP contribution is 2.21. The predicted octanol–water partition coefficient (Wildman–Crippen LogP) is 4.36.